The molecule has 0 heterocycles. The first kappa shape index (κ1) is 15.5. The smallest absolute Gasteiger partial charge is 0.208 e. The minimum absolute atomic E-state index is 0.0730. The third kappa shape index (κ3) is 2.91. The van der Waals surface area contributed by atoms with Gasteiger partial charge >= 0.3 is 0 Å². The summed E-state index contributed by atoms with van der Waals surface area (Å²) in [5.41, 5.74) is 1.21. The van der Waals surface area contributed by atoms with Gasteiger partial charge in [0.15, 0.2) is 0 Å². The first-order chi connectivity index (χ1) is 9.43. The van der Waals surface area contributed by atoms with E-state index in [4.69, 9.17) is 0 Å². The second-order valence-corrected chi connectivity index (χ2v) is 7.66. The number of hydrogen-bond acceptors (Lipinski definition) is 2. The second kappa shape index (κ2) is 5.86. The van der Waals surface area contributed by atoms with Crippen LogP contribution in [0.15, 0.2) is 29.2 Å². The molecule has 1 aliphatic rings. The van der Waals surface area contributed by atoms with Gasteiger partial charge in [-0.3, -0.25) is 0 Å². The lowest BCUT2D eigenvalue weighted by molar-refractivity contribution is 0.224. The van der Waals surface area contributed by atoms with Crippen molar-refractivity contribution in [3.8, 4) is 0 Å². The molecule has 112 valence electrons. The fraction of sp³-hybridized carbons (Fsp3) is 0.625. The summed E-state index contributed by atoms with van der Waals surface area (Å²) in [6.07, 6.45) is 5.26. The van der Waals surface area contributed by atoms with Gasteiger partial charge in [-0.1, -0.05) is 38.0 Å². The van der Waals surface area contributed by atoms with E-state index in [0.717, 1.165) is 37.7 Å². The summed E-state index contributed by atoms with van der Waals surface area (Å²) in [4.78, 5) is 0.371. The number of benzene rings is 1. The van der Waals surface area contributed by atoms with E-state index in [-0.39, 0.29) is 11.5 Å². The molecule has 0 aromatic heterocycles. The van der Waals surface area contributed by atoms with Crippen LogP contribution < -0.4 is 4.72 Å². The molecule has 0 aliphatic heterocycles. The van der Waals surface area contributed by atoms with Crippen LogP contribution in [0.5, 0.6) is 0 Å². The number of aryl methyl sites for hydroxylation is 1. The van der Waals surface area contributed by atoms with Gasteiger partial charge in [-0.25, -0.2) is 13.1 Å². The van der Waals surface area contributed by atoms with Gasteiger partial charge in [0.1, 0.15) is 0 Å². The van der Waals surface area contributed by atoms with Gasteiger partial charge in [0.2, 0.25) is 10.0 Å². The summed E-state index contributed by atoms with van der Waals surface area (Å²) in [6.45, 7) is 6.30. The molecular formula is C16H25NO2S. The maximum atomic E-state index is 12.5. The molecule has 2 rings (SSSR count). The zero-order valence-electron chi connectivity index (χ0n) is 12.6. The standard InChI is InChI=1S/C16H25NO2S/c1-4-16(5-2)12-6-7-15(16)17-20(18,19)14-10-8-13(3)9-11-14/h8-11,15,17H,4-7,12H2,1-3H3/t15-/m0/s1. The van der Waals surface area contributed by atoms with Crippen LogP contribution in [0.4, 0.5) is 0 Å². The van der Waals surface area contributed by atoms with Crippen molar-refractivity contribution < 1.29 is 8.42 Å². The predicted octanol–water partition coefficient (Wildman–Crippen LogP) is 3.63. The molecular weight excluding hydrogens is 270 g/mol. The SMILES string of the molecule is CCC1(CC)CCC[C@@H]1NS(=O)(=O)c1ccc(C)cc1. The Kier molecular flexibility index (Phi) is 4.55. The highest BCUT2D eigenvalue weighted by Crippen LogP contribution is 2.44. The second-order valence-electron chi connectivity index (χ2n) is 5.95. The normalized spacial score (nSPS) is 22.1. The summed E-state index contributed by atoms with van der Waals surface area (Å²) in [5, 5.41) is 0. The van der Waals surface area contributed by atoms with Crippen molar-refractivity contribution in [2.24, 2.45) is 5.41 Å². The van der Waals surface area contributed by atoms with Crippen LogP contribution in [0.3, 0.4) is 0 Å². The summed E-state index contributed by atoms with van der Waals surface area (Å²) >= 11 is 0. The average molecular weight is 295 g/mol. The Balaban J connectivity index is 2.22. The van der Waals surface area contributed by atoms with E-state index < -0.39 is 10.0 Å². The van der Waals surface area contributed by atoms with E-state index >= 15 is 0 Å². The number of hydrogen-bond donors (Lipinski definition) is 1. The molecule has 0 radical (unpaired) electrons. The molecule has 0 unspecified atom stereocenters. The van der Waals surface area contributed by atoms with Gasteiger partial charge in [0.25, 0.3) is 0 Å². The van der Waals surface area contributed by atoms with Crippen molar-refractivity contribution in [3.63, 3.8) is 0 Å². The summed E-state index contributed by atoms with van der Waals surface area (Å²) in [7, 11) is -3.40. The topological polar surface area (TPSA) is 46.2 Å². The maximum Gasteiger partial charge on any atom is 0.240 e. The molecule has 0 spiro atoms. The third-order valence-corrected chi connectivity index (χ3v) is 6.43. The highest BCUT2D eigenvalue weighted by Gasteiger charge is 2.41. The van der Waals surface area contributed by atoms with Crippen LogP contribution in [0.25, 0.3) is 0 Å². The highest BCUT2D eigenvalue weighted by molar-refractivity contribution is 7.89. The Labute approximate surface area is 122 Å². The minimum atomic E-state index is -3.40. The van der Waals surface area contributed by atoms with E-state index in [0.29, 0.717) is 4.90 Å². The van der Waals surface area contributed by atoms with Crippen molar-refractivity contribution >= 4 is 10.0 Å². The molecule has 4 heteroatoms. The maximum absolute atomic E-state index is 12.5. The fourth-order valence-corrected chi connectivity index (χ4v) is 4.76. The van der Waals surface area contributed by atoms with Crippen LogP contribution in [-0.2, 0) is 10.0 Å². The quantitative estimate of drug-likeness (QED) is 0.901. The molecule has 1 fully saturated rings. The first-order valence-corrected chi connectivity index (χ1v) is 9.01. The van der Waals surface area contributed by atoms with Gasteiger partial charge in [0.05, 0.1) is 4.90 Å². The molecule has 0 bridgehead atoms. The summed E-state index contributed by atoms with van der Waals surface area (Å²) < 4.78 is 28.0. The molecule has 0 amide bonds. The first-order valence-electron chi connectivity index (χ1n) is 7.52. The van der Waals surface area contributed by atoms with Crippen LogP contribution in [0.2, 0.25) is 0 Å². The minimum Gasteiger partial charge on any atom is -0.208 e. The molecule has 1 N–H and O–H groups in total. The molecule has 1 aromatic rings. The molecule has 1 aliphatic carbocycles. The number of sulfonamides is 1. The summed E-state index contributed by atoms with van der Waals surface area (Å²) in [5.74, 6) is 0. The summed E-state index contributed by atoms with van der Waals surface area (Å²) in [6, 6.07) is 7.13. The molecule has 20 heavy (non-hydrogen) atoms. The van der Waals surface area contributed by atoms with E-state index in [9.17, 15) is 8.42 Å². The van der Waals surface area contributed by atoms with Crippen LogP contribution >= 0.6 is 0 Å². The Morgan fingerprint density at radius 1 is 1.20 bits per heavy atom. The van der Waals surface area contributed by atoms with E-state index in [1.165, 1.54) is 0 Å². The van der Waals surface area contributed by atoms with Crippen molar-refractivity contribution in [1.29, 1.82) is 0 Å². The number of rotatable bonds is 5. The largest absolute Gasteiger partial charge is 0.240 e. The highest BCUT2D eigenvalue weighted by atomic mass is 32.2. The van der Waals surface area contributed by atoms with Crippen LogP contribution in [0.1, 0.15) is 51.5 Å². The molecule has 3 nitrogen and oxygen atoms in total. The average Bonchev–Trinajstić information content (AvgIpc) is 2.82. The van der Waals surface area contributed by atoms with Crippen LogP contribution in [0, 0.1) is 12.3 Å². The van der Waals surface area contributed by atoms with Crippen molar-refractivity contribution in [1.82, 2.24) is 4.72 Å². The van der Waals surface area contributed by atoms with E-state index in [2.05, 4.69) is 18.6 Å². The molecule has 1 aromatic carbocycles. The predicted molar refractivity (Wildman–Crippen MR) is 82.2 cm³/mol. The lowest BCUT2D eigenvalue weighted by Crippen LogP contribution is -2.43. The van der Waals surface area contributed by atoms with Gasteiger partial charge in [-0.15, -0.1) is 0 Å². The van der Waals surface area contributed by atoms with Gasteiger partial charge in [0, 0.05) is 6.04 Å². The zero-order chi connectivity index (χ0) is 14.8. The van der Waals surface area contributed by atoms with Crippen molar-refractivity contribution in [3.05, 3.63) is 29.8 Å². The lowest BCUT2D eigenvalue weighted by Gasteiger charge is -2.34. The van der Waals surface area contributed by atoms with Crippen molar-refractivity contribution in [2.45, 2.75) is 63.8 Å². The monoisotopic (exact) mass is 295 g/mol. The lowest BCUT2D eigenvalue weighted by atomic mass is 9.78. The Morgan fingerprint density at radius 2 is 1.80 bits per heavy atom. The zero-order valence-corrected chi connectivity index (χ0v) is 13.5. The van der Waals surface area contributed by atoms with E-state index in [1.54, 1.807) is 12.1 Å². The van der Waals surface area contributed by atoms with Crippen LogP contribution in [-0.4, -0.2) is 14.5 Å². The fourth-order valence-electron chi connectivity index (χ4n) is 3.39. The van der Waals surface area contributed by atoms with E-state index in [1.807, 2.05) is 19.1 Å². The molecule has 0 saturated heterocycles. The molecule has 1 saturated carbocycles. The van der Waals surface area contributed by atoms with Crippen molar-refractivity contribution in [2.75, 3.05) is 0 Å². The Morgan fingerprint density at radius 3 is 2.35 bits per heavy atom. The third-order valence-electron chi connectivity index (χ3n) is 4.94. The number of nitrogens with one attached hydrogen (secondary N) is 1. The Hall–Kier alpha value is -0.870. The Bertz CT molecular complexity index is 544. The van der Waals surface area contributed by atoms with Gasteiger partial charge in [-0.2, -0.15) is 0 Å². The van der Waals surface area contributed by atoms with Gasteiger partial charge in [-0.05, 0) is 50.2 Å². The van der Waals surface area contributed by atoms with Gasteiger partial charge < -0.3 is 0 Å². The molecule has 1 atom stereocenters.